The Balaban J connectivity index is 1.67. The van der Waals surface area contributed by atoms with Crippen molar-refractivity contribution >= 4 is 23.0 Å². The van der Waals surface area contributed by atoms with Crippen LogP contribution in [0.15, 0.2) is 54.7 Å². The van der Waals surface area contributed by atoms with Gasteiger partial charge >= 0.3 is 12.1 Å². The predicted octanol–water partition coefficient (Wildman–Crippen LogP) is 3.51. The van der Waals surface area contributed by atoms with E-state index < -0.39 is 18.1 Å². The van der Waals surface area contributed by atoms with Crippen molar-refractivity contribution in [3.8, 4) is 5.75 Å². The van der Waals surface area contributed by atoms with Crippen LogP contribution in [0.3, 0.4) is 0 Å². The average Bonchev–Trinajstić information content (AvgIpc) is 3.05. The minimum atomic E-state index is -1.12. The first-order chi connectivity index (χ1) is 12.6. The maximum atomic E-state index is 12.1. The van der Waals surface area contributed by atoms with Crippen LogP contribution in [0.1, 0.15) is 18.1 Å². The molecule has 6 heteroatoms. The molecule has 3 N–H and O–H groups in total. The molecule has 0 aliphatic carbocycles. The van der Waals surface area contributed by atoms with Crippen LogP contribution in [0.5, 0.6) is 5.75 Å². The maximum Gasteiger partial charge on any atom is 0.413 e. The number of carbonyl (C=O) groups excluding carboxylic acids is 1. The molecule has 1 amide bonds. The number of aromatic nitrogens is 1. The number of amides is 1. The number of fused-ring (bicyclic) bond motifs is 1. The average molecular weight is 352 g/mol. The van der Waals surface area contributed by atoms with Gasteiger partial charge in [-0.05, 0) is 35.7 Å². The summed E-state index contributed by atoms with van der Waals surface area (Å²) in [6.45, 7) is 2.03. The summed E-state index contributed by atoms with van der Waals surface area (Å²) in [4.78, 5) is 26.7. The highest BCUT2D eigenvalue weighted by Gasteiger charge is 2.22. The van der Waals surface area contributed by atoms with Crippen molar-refractivity contribution in [2.75, 3.05) is 0 Å². The molecule has 134 valence electrons. The van der Waals surface area contributed by atoms with Crippen LogP contribution in [0, 0.1) is 0 Å². The first kappa shape index (κ1) is 17.5. The molecule has 0 radical (unpaired) electrons. The Bertz CT molecular complexity index is 915. The van der Waals surface area contributed by atoms with Crippen molar-refractivity contribution in [2.45, 2.75) is 25.8 Å². The number of carboxylic acid groups (broad SMARTS) is 1. The topological polar surface area (TPSA) is 91.4 Å². The number of aliphatic carboxylic acids is 1. The van der Waals surface area contributed by atoms with Gasteiger partial charge in [0.25, 0.3) is 0 Å². The van der Waals surface area contributed by atoms with E-state index in [1.165, 1.54) is 0 Å². The van der Waals surface area contributed by atoms with Crippen molar-refractivity contribution < 1.29 is 19.4 Å². The van der Waals surface area contributed by atoms with E-state index in [2.05, 4.69) is 10.3 Å². The number of nitrogens with one attached hydrogen (secondary N) is 2. The number of H-pyrrole nitrogens is 1. The number of rotatable bonds is 6. The fourth-order valence-electron chi connectivity index (χ4n) is 2.79. The minimum Gasteiger partial charge on any atom is -0.480 e. The molecule has 0 saturated heterocycles. The van der Waals surface area contributed by atoms with Crippen LogP contribution in [0.4, 0.5) is 4.79 Å². The van der Waals surface area contributed by atoms with Gasteiger partial charge in [-0.15, -0.1) is 0 Å². The van der Waals surface area contributed by atoms with Gasteiger partial charge in [0.15, 0.2) is 0 Å². The minimum absolute atomic E-state index is 0.156. The van der Waals surface area contributed by atoms with Gasteiger partial charge in [-0.1, -0.05) is 37.3 Å². The van der Waals surface area contributed by atoms with E-state index in [4.69, 9.17) is 4.74 Å². The third-order valence-electron chi connectivity index (χ3n) is 4.23. The summed E-state index contributed by atoms with van der Waals surface area (Å²) in [6.07, 6.45) is 2.01. The van der Waals surface area contributed by atoms with E-state index in [0.29, 0.717) is 5.75 Å². The number of aryl methyl sites for hydroxylation is 1. The second kappa shape index (κ2) is 7.74. The van der Waals surface area contributed by atoms with Crippen molar-refractivity contribution in [3.05, 3.63) is 65.9 Å². The van der Waals surface area contributed by atoms with Gasteiger partial charge < -0.3 is 20.1 Å². The summed E-state index contributed by atoms with van der Waals surface area (Å²) in [5.41, 5.74) is 2.87. The van der Waals surface area contributed by atoms with Crippen molar-refractivity contribution in [2.24, 2.45) is 0 Å². The first-order valence-corrected chi connectivity index (χ1v) is 8.42. The summed E-state index contributed by atoms with van der Waals surface area (Å²) < 4.78 is 5.18. The molecule has 0 aliphatic heterocycles. The molecule has 0 bridgehead atoms. The smallest absolute Gasteiger partial charge is 0.413 e. The Labute approximate surface area is 150 Å². The molecule has 0 saturated carbocycles. The normalized spacial score (nSPS) is 11.9. The lowest BCUT2D eigenvalue weighted by molar-refractivity contribution is -0.139. The number of aromatic amines is 1. The second-order valence-electron chi connectivity index (χ2n) is 5.99. The highest BCUT2D eigenvalue weighted by atomic mass is 16.6. The zero-order chi connectivity index (χ0) is 18.5. The monoisotopic (exact) mass is 352 g/mol. The SMILES string of the molecule is CCc1ccc(OC(=O)NC(Cc2c[nH]c3ccccc23)C(=O)O)cc1. The van der Waals surface area contributed by atoms with Crippen LogP contribution in [-0.4, -0.2) is 28.2 Å². The highest BCUT2D eigenvalue weighted by Crippen LogP contribution is 2.19. The Morgan fingerprint density at radius 3 is 2.58 bits per heavy atom. The summed E-state index contributed by atoms with van der Waals surface area (Å²) in [5.74, 6) is -0.746. The lowest BCUT2D eigenvalue weighted by Crippen LogP contribution is -2.43. The van der Waals surface area contributed by atoms with Crippen LogP contribution in [0.2, 0.25) is 0 Å². The third-order valence-corrected chi connectivity index (χ3v) is 4.23. The fourth-order valence-corrected chi connectivity index (χ4v) is 2.79. The highest BCUT2D eigenvalue weighted by molar-refractivity contribution is 5.85. The molecule has 1 atom stereocenters. The van der Waals surface area contributed by atoms with Crippen molar-refractivity contribution in [1.29, 1.82) is 0 Å². The molecule has 3 rings (SSSR count). The molecule has 26 heavy (non-hydrogen) atoms. The molecule has 3 aromatic rings. The lowest BCUT2D eigenvalue weighted by Gasteiger charge is -2.14. The largest absolute Gasteiger partial charge is 0.480 e. The molecule has 0 spiro atoms. The van der Waals surface area contributed by atoms with E-state index in [1.54, 1.807) is 18.3 Å². The van der Waals surface area contributed by atoms with Gasteiger partial charge in [0.05, 0.1) is 0 Å². The van der Waals surface area contributed by atoms with Crippen LogP contribution < -0.4 is 10.1 Å². The number of carbonyl (C=O) groups is 2. The molecule has 1 heterocycles. The molecule has 0 aliphatic rings. The number of hydrogen-bond acceptors (Lipinski definition) is 3. The summed E-state index contributed by atoms with van der Waals surface area (Å²) in [6, 6.07) is 13.6. The summed E-state index contributed by atoms with van der Waals surface area (Å²) >= 11 is 0. The van der Waals surface area contributed by atoms with Crippen LogP contribution in [0.25, 0.3) is 10.9 Å². The van der Waals surface area contributed by atoms with Gasteiger partial charge in [-0.2, -0.15) is 0 Å². The zero-order valence-corrected chi connectivity index (χ0v) is 14.4. The number of hydrogen-bond donors (Lipinski definition) is 3. The Hall–Kier alpha value is -3.28. The van der Waals surface area contributed by atoms with Gasteiger partial charge in [0, 0.05) is 23.5 Å². The molecular weight excluding hydrogens is 332 g/mol. The molecule has 0 fully saturated rings. The van der Waals surface area contributed by atoms with E-state index in [-0.39, 0.29) is 6.42 Å². The van der Waals surface area contributed by atoms with E-state index in [0.717, 1.165) is 28.5 Å². The number of carboxylic acids is 1. The summed E-state index contributed by atoms with van der Waals surface area (Å²) in [7, 11) is 0. The lowest BCUT2D eigenvalue weighted by atomic mass is 10.1. The van der Waals surface area contributed by atoms with Gasteiger partial charge in [0.2, 0.25) is 0 Å². The maximum absolute atomic E-state index is 12.1. The van der Waals surface area contributed by atoms with Crippen LogP contribution in [-0.2, 0) is 17.6 Å². The van der Waals surface area contributed by atoms with Crippen LogP contribution >= 0.6 is 0 Å². The standard InChI is InChI=1S/C20H20N2O4/c1-2-13-7-9-15(10-8-13)26-20(25)22-18(19(23)24)11-14-12-21-17-6-4-3-5-16(14)17/h3-10,12,18,21H,2,11H2,1H3,(H,22,25)(H,23,24). The molecular formula is C20H20N2O4. The van der Waals surface area contributed by atoms with Crippen molar-refractivity contribution in [3.63, 3.8) is 0 Å². The van der Waals surface area contributed by atoms with E-state index in [9.17, 15) is 14.7 Å². The zero-order valence-electron chi connectivity index (χ0n) is 14.4. The Morgan fingerprint density at radius 2 is 1.88 bits per heavy atom. The fraction of sp³-hybridized carbons (Fsp3) is 0.200. The first-order valence-electron chi connectivity index (χ1n) is 8.42. The van der Waals surface area contributed by atoms with Crippen molar-refractivity contribution in [1.82, 2.24) is 10.3 Å². The van der Waals surface area contributed by atoms with Gasteiger partial charge in [-0.25, -0.2) is 9.59 Å². The summed E-state index contributed by atoms with van der Waals surface area (Å²) in [5, 5.41) is 12.8. The Kier molecular flexibility index (Phi) is 5.22. The van der Waals surface area contributed by atoms with Gasteiger partial charge in [-0.3, -0.25) is 0 Å². The molecule has 1 unspecified atom stereocenters. The molecule has 1 aromatic heterocycles. The van der Waals surface area contributed by atoms with E-state index >= 15 is 0 Å². The van der Waals surface area contributed by atoms with E-state index in [1.807, 2.05) is 43.3 Å². The second-order valence-corrected chi connectivity index (χ2v) is 5.99. The number of ether oxygens (including phenoxy) is 1. The number of para-hydroxylation sites is 1. The Morgan fingerprint density at radius 1 is 1.15 bits per heavy atom. The molecule has 2 aromatic carbocycles. The molecule has 6 nitrogen and oxygen atoms in total. The van der Waals surface area contributed by atoms with Gasteiger partial charge in [0.1, 0.15) is 11.8 Å². The predicted molar refractivity (Wildman–Crippen MR) is 98.4 cm³/mol. The number of benzene rings is 2. The quantitative estimate of drug-likeness (QED) is 0.633. The third kappa shape index (κ3) is 4.03.